The van der Waals surface area contributed by atoms with Gasteiger partial charge in [0.25, 0.3) is 0 Å². The lowest BCUT2D eigenvalue weighted by Gasteiger charge is -2.52. The van der Waals surface area contributed by atoms with E-state index in [-0.39, 0.29) is 33.7 Å². The molecule has 0 aromatic rings. The Bertz CT molecular complexity index is 464. The van der Waals surface area contributed by atoms with Gasteiger partial charge in [0.1, 0.15) is 5.60 Å². The maximum atomic E-state index is 13.2. The van der Waals surface area contributed by atoms with Crippen molar-refractivity contribution in [3.05, 3.63) is 0 Å². The number of esters is 1. The summed E-state index contributed by atoms with van der Waals surface area (Å²) in [5, 5.41) is 0. The third kappa shape index (κ3) is 2.85. The standard InChI is InChI=1S/C21H38O2/c1-14(2)12-16(18(3,4)5)17(22)23-21(9)19(6,7)15-10-11-20(21,8)13-15/h14-16H,10-13H2,1-9H3. The van der Waals surface area contributed by atoms with Crippen molar-refractivity contribution in [2.24, 2.45) is 34.0 Å². The van der Waals surface area contributed by atoms with Gasteiger partial charge < -0.3 is 4.74 Å². The first-order valence-electron chi connectivity index (χ1n) is 9.47. The van der Waals surface area contributed by atoms with Crippen molar-refractivity contribution in [1.82, 2.24) is 0 Å². The average molecular weight is 323 g/mol. The van der Waals surface area contributed by atoms with Crippen LogP contribution in [0.3, 0.4) is 0 Å². The van der Waals surface area contributed by atoms with Gasteiger partial charge >= 0.3 is 5.97 Å². The van der Waals surface area contributed by atoms with E-state index in [1.54, 1.807) is 0 Å². The lowest BCUT2D eigenvalue weighted by Crippen LogP contribution is -2.55. The van der Waals surface area contributed by atoms with Crippen LogP contribution in [0.5, 0.6) is 0 Å². The second kappa shape index (κ2) is 5.49. The highest BCUT2D eigenvalue weighted by Crippen LogP contribution is 2.69. The largest absolute Gasteiger partial charge is 0.458 e. The molecule has 0 radical (unpaired) electrons. The van der Waals surface area contributed by atoms with Crippen molar-refractivity contribution in [3.63, 3.8) is 0 Å². The molecule has 2 saturated carbocycles. The molecule has 0 aromatic heterocycles. The van der Waals surface area contributed by atoms with Crippen molar-refractivity contribution < 1.29 is 9.53 Å². The van der Waals surface area contributed by atoms with Gasteiger partial charge in [-0.1, -0.05) is 55.4 Å². The molecule has 0 amide bonds. The normalized spacial score (nSPS) is 37.2. The van der Waals surface area contributed by atoms with E-state index in [2.05, 4.69) is 62.3 Å². The lowest BCUT2D eigenvalue weighted by molar-refractivity contribution is -0.201. The molecular formula is C21H38O2. The van der Waals surface area contributed by atoms with Crippen LogP contribution in [0.1, 0.15) is 88.0 Å². The molecule has 0 N–H and O–H groups in total. The number of hydrogen-bond donors (Lipinski definition) is 0. The summed E-state index contributed by atoms with van der Waals surface area (Å²) in [6, 6.07) is 0. The minimum atomic E-state index is -0.347. The molecule has 2 aliphatic carbocycles. The van der Waals surface area contributed by atoms with E-state index in [0.29, 0.717) is 11.8 Å². The summed E-state index contributed by atoms with van der Waals surface area (Å²) in [5.41, 5.74) is -0.201. The minimum absolute atomic E-state index is 0.0237. The van der Waals surface area contributed by atoms with Gasteiger partial charge in [0.2, 0.25) is 0 Å². The highest BCUT2D eigenvalue weighted by atomic mass is 16.6. The second-order valence-corrected chi connectivity index (χ2v) is 10.7. The Kier molecular flexibility index (Phi) is 4.49. The molecule has 2 heteroatoms. The summed E-state index contributed by atoms with van der Waals surface area (Å²) < 4.78 is 6.40. The van der Waals surface area contributed by atoms with Crippen molar-refractivity contribution in [2.45, 2.75) is 93.6 Å². The number of ether oxygens (including phenoxy) is 1. The fourth-order valence-corrected chi connectivity index (χ4v) is 5.26. The zero-order valence-electron chi connectivity index (χ0n) is 16.9. The van der Waals surface area contributed by atoms with Crippen molar-refractivity contribution in [1.29, 1.82) is 0 Å². The number of carbonyl (C=O) groups is 1. The van der Waals surface area contributed by atoms with E-state index in [4.69, 9.17) is 4.74 Å². The van der Waals surface area contributed by atoms with Crippen molar-refractivity contribution >= 4 is 5.97 Å². The maximum absolute atomic E-state index is 13.2. The Hall–Kier alpha value is -0.530. The number of fused-ring (bicyclic) bond motifs is 2. The summed E-state index contributed by atoms with van der Waals surface area (Å²) in [6.45, 7) is 20.0. The quantitative estimate of drug-likeness (QED) is 0.607. The van der Waals surface area contributed by atoms with Crippen LogP contribution in [0, 0.1) is 34.0 Å². The molecule has 0 saturated heterocycles. The monoisotopic (exact) mass is 322 g/mol. The molecule has 0 aromatic carbocycles. The molecule has 2 aliphatic rings. The number of carbonyl (C=O) groups excluding carboxylic acids is 1. The Morgan fingerprint density at radius 3 is 2.13 bits per heavy atom. The van der Waals surface area contributed by atoms with Gasteiger partial charge in [-0.2, -0.15) is 0 Å². The van der Waals surface area contributed by atoms with E-state index in [1.165, 1.54) is 19.3 Å². The van der Waals surface area contributed by atoms with Crippen LogP contribution in [-0.4, -0.2) is 11.6 Å². The van der Waals surface area contributed by atoms with Gasteiger partial charge in [0.15, 0.2) is 0 Å². The summed E-state index contributed by atoms with van der Waals surface area (Å²) in [6.07, 6.45) is 4.58. The van der Waals surface area contributed by atoms with Gasteiger partial charge in [-0.05, 0) is 49.9 Å². The van der Waals surface area contributed by atoms with Crippen LogP contribution in [0.4, 0.5) is 0 Å². The predicted molar refractivity (Wildman–Crippen MR) is 96.1 cm³/mol. The highest BCUT2D eigenvalue weighted by molar-refractivity contribution is 5.74. The van der Waals surface area contributed by atoms with Gasteiger partial charge in [-0.15, -0.1) is 0 Å². The molecule has 0 aliphatic heterocycles. The Labute approximate surface area is 143 Å². The van der Waals surface area contributed by atoms with E-state index < -0.39 is 0 Å². The van der Waals surface area contributed by atoms with E-state index >= 15 is 0 Å². The third-order valence-electron chi connectivity index (χ3n) is 7.49. The van der Waals surface area contributed by atoms with Crippen LogP contribution < -0.4 is 0 Å². The molecular weight excluding hydrogens is 284 g/mol. The van der Waals surface area contributed by atoms with E-state index in [0.717, 1.165) is 6.42 Å². The topological polar surface area (TPSA) is 26.3 Å². The van der Waals surface area contributed by atoms with Gasteiger partial charge in [0, 0.05) is 10.8 Å². The first-order chi connectivity index (χ1) is 10.2. The summed E-state index contributed by atoms with van der Waals surface area (Å²) in [5.74, 6) is 1.18. The van der Waals surface area contributed by atoms with E-state index in [1.807, 2.05) is 0 Å². The van der Waals surface area contributed by atoms with Crippen molar-refractivity contribution in [2.75, 3.05) is 0 Å². The second-order valence-electron chi connectivity index (χ2n) is 10.7. The number of rotatable bonds is 4. The molecule has 23 heavy (non-hydrogen) atoms. The SMILES string of the molecule is CC(C)CC(C(=O)OC1(C)C2(C)CCC(C2)C1(C)C)C(C)(C)C. The van der Waals surface area contributed by atoms with Gasteiger partial charge in [-0.25, -0.2) is 0 Å². The van der Waals surface area contributed by atoms with Crippen LogP contribution in [0.2, 0.25) is 0 Å². The fraction of sp³-hybridized carbons (Fsp3) is 0.952. The summed E-state index contributed by atoms with van der Waals surface area (Å²) in [4.78, 5) is 13.2. The summed E-state index contributed by atoms with van der Waals surface area (Å²) >= 11 is 0. The van der Waals surface area contributed by atoms with Crippen molar-refractivity contribution in [3.8, 4) is 0 Å². The van der Waals surface area contributed by atoms with Crippen LogP contribution >= 0.6 is 0 Å². The Morgan fingerprint density at radius 1 is 1.17 bits per heavy atom. The predicted octanol–water partition coefficient (Wildman–Crippen LogP) is 5.84. The molecule has 2 bridgehead atoms. The van der Waals surface area contributed by atoms with Crippen LogP contribution in [0.15, 0.2) is 0 Å². The van der Waals surface area contributed by atoms with Gasteiger partial charge in [0.05, 0.1) is 5.92 Å². The molecule has 0 heterocycles. The molecule has 2 rings (SSSR count). The zero-order chi connectivity index (χ0) is 17.8. The molecule has 4 unspecified atom stereocenters. The van der Waals surface area contributed by atoms with E-state index in [9.17, 15) is 4.79 Å². The number of hydrogen-bond acceptors (Lipinski definition) is 2. The Balaban J connectivity index is 2.27. The molecule has 4 atom stereocenters. The van der Waals surface area contributed by atoms with Crippen LogP contribution in [0.25, 0.3) is 0 Å². The molecule has 2 nitrogen and oxygen atoms in total. The third-order valence-corrected chi connectivity index (χ3v) is 7.49. The first kappa shape index (κ1) is 18.8. The van der Waals surface area contributed by atoms with Gasteiger partial charge in [-0.3, -0.25) is 4.79 Å². The highest BCUT2D eigenvalue weighted by Gasteiger charge is 2.69. The minimum Gasteiger partial charge on any atom is -0.458 e. The Morgan fingerprint density at radius 2 is 1.74 bits per heavy atom. The average Bonchev–Trinajstić information content (AvgIpc) is 2.83. The zero-order valence-corrected chi connectivity index (χ0v) is 16.9. The molecule has 134 valence electrons. The van der Waals surface area contributed by atoms with Crippen LogP contribution in [-0.2, 0) is 9.53 Å². The fourth-order valence-electron chi connectivity index (χ4n) is 5.26. The maximum Gasteiger partial charge on any atom is 0.310 e. The molecule has 0 spiro atoms. The molecule has 2 fully saturated rings. The summed E-state index contributed by atoms with van der Waals surface area (Å²) in [7, 11) is 0. The first-order valence-corrected chi connectivity index (χ1v) is 9.47. The smallest absolute Gasteiger partial charge is 0.310 e. The lowest BCUT2D eigenvalue weighted by atomic mass is 9.61.